The molecule has 0 aromatic carbocycles. The van der Waals surface area contributed by atoms with Crippen LogP contribution in [0, 0.1) is 0 Å². The molecule has 0 aromatic rings. The summed E-state index contributed by atoms with van der Waals surface area (Å²) in [6.45, 7) is 2.68. The van der Waals surface area contributed by atoms with Crippen molar-refractivity contribution in [3.63, 3.8) is 0 Å². The summed E-state index contributed by atoms with van der Waals surface area (Å²) in [5.41, 5.74) is 0. The first kappa shape index (κ1) is 9.30. The Bertz CT molecular complexity index is 135. The standard InChI is InChI=1S/C5H6Br2O2/c1-3(8)5(6,7)4(2)9/h1-2H3. The van der Waals surface area contributed by atoms with Gasteiger partial charge in [-0.25, -0.2) is 0 Å². The summed E-state index contributed by atoms with van der Waals surface area (Å²) < 4.78 is -1.15. The van der Waals surface area contributed by atoms with Gasteiger partial charge in [-0.2, -0.15) is 0 Å². The number of halogens is 2. The number of Topliss-reactive ketones (excluding diaryl/α,β-unsaturated/α-hetero) is 2. The van der Waals surface area contributed by atoms with E-state index < -0.39 is 3.23 Å². The van der Waals surface area contributed by atoms with Gasteiger partial charge in [-0.15, -0.1) is 0 Å². The lowest BCUT2D eigenvalue weighted by Gasteiger charge is -2.10. The van der Waals surface area contributed by atoms with Crippen LogP contribution in [0.2, 0.25) is 0 Å². The normalized spacial score (nSPS) is 11.1. The molecule has 0 rings (SSSR count). The molecule has 0 aromatic heterocycles. The molecule has 0 atom stereocenters. The fraction of sp³-hybridized carbons (Fsp3) is 0.600. The van der Waals surface area contributed by atoms with Gasteiger partial charge in [0.2, 0.25) is 0 Å². The summed E-state index contributed by atoms with van der Waals surface area (Å²) in [6, 6.07) is 0. The zero-order valence-electron chi connectivity index (χ0n) is 5.07. The van der Waals surface area contributed by atoms with Crippen LogP contribution in [-0.4, -0.2) is 14.8 Å². The van der Waals surface area contributed by atoms with E-state index in [4.69, 9.17) is 0 Å². The summed E-state index contributed by atoms with van der Waals surface area (Å²) in [4.78, 5) is 21.2. The number of hydrogen-bond acceptors (Lipinski definition) is 2. The highest BCUT2D eigenvalue weighted by molar-refractivity contribution is 9.26. The second kappa shape index (κ2) is 2.92. The molecule has 0 aliphatic carbocycles. The SMILES string of the molecule is CC(=O)C(Br)(Br)C(C)=O. The Kier molecular flexibility index (Phi) is 3.02. The smallest absolute Gasteiger partial charge is 0.195 e. The van der Waals surface area contributed by atoms with Crippen molar-refractivity contribution in [1.29, 1.82) is 0 Å². The van der Waals surface area contributed by atoms with E-state index in [1.807, 2.05) is 0 Å². The van der Waals surface area contributed by atoms with E-state index >= 15 is 0 Å². The van der Waals surface area contributed by atoms with Crippen LogP contribution in [0.5, 0.6) is 0 Å². The van der Waals surface area contributed by atoms with Crippen molar-refractivity contribution in [2.24, 2.45) is 0 Å². The Morgan fingerprint density at radius 3 is 1.33 bits per heavy atom. The van der Waals surface area contributed by atoms with Crippen molar-refractivity contribution in [1.82, 2.24) is 0 Å². The monoisotopic (exact) mass is 256 g/mol. The largest absolute Gasteiger partial charge is 0.297 e. The Morgan fingerprint density at radius 2 is 1.33 bits per heavy atom. The zero-order valence-corrected chi connectivity index (χ0v) is 8.24. The van der Waals surface area contributed by atoms with E-state index in [9.17, 15) is 9.59 Å². The molecule has 0 unspecified atom stereocenters. The van der Waals surface area contributed by atoms with Gasteiger partial charge in [0.05, 0.1) is 0 Å². The van der Waals surface area contributed by atoms with Gasteiger partial charge in [-0.05, 0) is 13.8 Å². The van der Waals surface area contributed by atoms with E-state index in [1.165, 1.54) is 13.8 Å². The third-order valence-electron chi connectivity index (χ3n) is 0.884. The van der Waals surface area contributed by atoms with E-state index in [0.29, 0.717) is 0 Å². The minimum absolute atomic E-state index is 0.241. The fourth-order valence-corrected chi connectivity index (χ4v) is 0.248. The Labute approximate surface area is 70.3 Å². The van der Waals surface area contributed by atoms with E-state index in [0.717, 1.165) is 0 Å². The maximum atomic E-state index is 10.6. The molecule has 0 radical (unpaired) electrons. The summed E-state index contributed by atoms with van der Waals surface area (Å²) in [5, 5.41) is 0. The number of alkyl halides is 2. The van der Waals surface area contributed by atoms with Gasteiger partial charge in [-0.3, -0.25) is 9.59 Å². The second-order valence-electron chi connectivity index (χ2n) is 1.69. The Morgan fingerprint density at radius 1 is 1.11 bits per heavy atom. The molecular formula is C5H6Br2O2. The average molecular weight is 258 g/mol. The molecule has 0 bridgehead atoms. The lowest BCUT2D eigenvalue weighted by atomic mass is 10.2. The first-order chi connectivity index (χ1) is 3.89. The average Bonchev–Trinajstić information content (AvgIpc) is 1.65. The molecule has 9 heavy (non-hydrogen) atoms. The Balaban J connectivity index is 4.38. The quantitative estimate of drug-likeness (QED) is 0.557. The molecule has 0 heterocycles. The van der Waals surface area contributed by atoms with Crippen LogP contribution < -0.4 is 0 Å². The van der Waals surface area contributed by atoms with Gasteiger partial charge in [0.15, 0.2) is 14.8 Å². The number of carbonyl (C=O) groups excluding carboxylic acids is 2. The topological polar surface area (TPSA) is 34.1 Å². The molecule has 0 aliphatic heterocycles. The highest BCUT2D eigenvalue weighted by Crippen LogP contribution is 2.27. The zero-order chi connectivity index (χ0) is 7.65. The van der Waals surface area contributed by atoms with Crippen molar-refractivity contribution in [3.8, 4) is 0 Å². The first-order valence-electron chi connectivity index (χ1n) is 2.29. The minimum atomic E-state index is -1.15. The molecule has 0 amide bonds. The van der Waals surface area contributed by atoms with Crippen LogP contribution in [0.1, 0.15) is 13.8 Å². The number of carbonyl (C=O) groups is 2. The van der Waals surface area contributed by atoms with Crippen LogP contribution in [0.15, 0.2) is 0 Å². The van der Waals surface area contributed by atoms with Crippen molar-refractivity contribution in [2.75, 3.05) is 0 Å². The molecule has 0 spiro atoms. The molecule has 4 heteroatoms. The maximum absolute atomic E-state index is 10.6. The fourth-order valence-electron chi connectivity index (χ4n) is 0.248. The highest BCUT2D eigenvalue weighted by Gasteiger charge is 2.33. The predicted octanol–water partition coefficient (Wildman–Crippen LogP) is 1.65. The van der Waals surface area contributed by atoms with Gasteiger partial charge >= 0.3 is 0 Å². The molecule has 0 fully saturated rings. The van der Waals surface area contributed by atoms with Crippen LogP contribution >= 0.6 is 31.9 Å². The van der Waals surface area contributed by atoms with Crippen LogP contribution in [0.4, 0.5) is 0 Å². The van der Waals surface area contributed by atoms with E-state index in [2.05, 4.69) is 31.9 Å². The van der Waals surface area contributed by atoms with Gasteiger partial charge in [0.25, 0.3) is 0 Å². The van der Waals surface area contributed by atoms with Gasteiger partial charge in [0, 0.05) is 0 Å². The number of rotatable bonds is 2. The molecule has 2 nitrogen and oxygen atoms in total. The van der Waals surface area contributed by atoms with Crippen LogP contribution in [0.25, 0.3) is 0 Å². The van der Waals surface area contributed by atoms with Crippen molar-refractivity contribution < 1.29 is 9.59 Å². The molecule has 0 saturated heterocycles. The van der Waals surface area contributed by atoms with E-state index in [-0.39, 0.29) is 11.6 Å². The Hall–Kier alpha value is 0.300. The summed E-state index contributed by atoms with van der Waals surface area (Å²) in [6.07, 6.45) is 0. The molecule has 0 aliphatic rings. The number of hydrogen-bond donors (Lipinski definition) is 0. The van der Waals surface area contributed by atoms with E-state index in [1.54, 1.807) is 0 Å². The third-order valence-corrected chi connectivity index (χ3v) is 3.12. The molecular weight excluding hydrogens is 252 g/mol. The van der Waals surface area contributed by atoms with Gasteiger partial charge < -0.3 is 0 Å². The lowest BCUT2D eigenvalue weighted by molar-refractivity contribution is -0.124. The van der Waals surface area contributed by atoms with Gasteiger partial charge in [0.1, 0.15) is 0 Å². The lowest BCUT2D eigenvalue weighted by Crippen LogP contribution is -2.30. The molecule has 0 saturated carbocycles. The summed E-state index contributed by atoms with van der Waals surface area (Å²) >= 11 is 5.86. The predicted molar refractivity (Wildman–Crippen MR) is 41.9 cm³/mol. The third kappa shape index (κ3) is 2.18. The first-order valence-corrected chi connectivity index (χ1v) is 3.87. The summed E-state index contributed by atoms with van der Waals surface area (Å²) in [5.74, 6) is -0.481. The highest BCUT2D eigenvalue weighted by atomic mass is 79.9. The molecule has 0 N–H and O–H groups in total. The maximum Gasteiger partial charge on any atom is 0.195 e. The number of ketones is 2. The van der Waals surface area contributed by atoms with Crippen molar-refractivity contribution in [3.05, 3.63) is 0 Å². The van der Waals surface area contributed by atoms with Crippen LogP contribution in [-0.2, 0) is 9.59 Å². The summed E-state index contributed by atoms with van der Waals surface area (Å²) in [7, 11) is 0. The van der Waals surface area contributed by atoms with Crippen molar-refractivity contribution >= 4 is 43.4 Å². The van der Waals surface area contributed by atoms with Crippen molar-refractivity contribution in [2.45, 2.75) is 17.1 Å². The minimum Gasteiger partial charge on any atom is -0.297 e. The molecule has 52 valence electrons. The van der Waals surface area contributed by atoms with Crippen LogP contribution in [0.3, 0.4) is 0 Å². The van der Waals surface area contributed by atoms with Gasteiger partial charge in [-0.1, -0.05) is 31.9 Å². The second-order valence-corrected chi connectivity index (χ2v) is 5.13.